The van der Waals surface area contributed by atoms with Crippen molar-refractivity contribution in [1.82, 2.24) is 14.9 Å². The number of hydrogen-bond donors (Lipinski definition) is 1. The Morgan fingerprint density at radius 1 is 1.24 bits per heavy atom. The van der Waals surface area contributed by atoms with Gasteiger partial charge in [0.15, 0.2) is 5.82 Å². The zero-order valence-electron chi connectivity index (χ0n) is 19.8. The molecule has 1 fully saturated rings. The maximum absolute atomic E-state index is 14.6. The molecule has 5 nitrogen and oxygen atoms in total. The highest BCUT2D eigenvalue weighted by atomic mass is 35.5. The molecule has 1 amide bonds. The zero-order valence-corrected chi connectivity index (χ0v) is 20.6. The van der Waals surface area contributed by atoms with Crippen LogP contribution in [0.5, 0.6) is 0 Å². The van der Waals surface area contributed by atoms with Crippen LogP contribution in [0, 0.1) is 5.82 Å². The summed E-state index contributed by atoms with van der Waals surface area (Å²) >= 11 is 6.06. The van der Waals surface area contributed by atoms with E-state index >= 15 is 0 Å². The molecule has 0 radical (unpaired) electrons. The summed E-state index contributed by atoms with van der Waals surface area (Å²) in [5.74, 6) is 0.144. The molecule has 0 bridgehead atoms. The number of halogens is 2. The lowest BCUT2D eigenvalue weighted by molar-refractivity contribution is 0.0205. The lowest BCUT2D eigenvalue weighted by Gasteiger charge is -2.33. The van der Waals surface area contributed by atoms with Crippen molar-refractivity contribution in [2.45, 2.75) is 64.9 Å². The Hall–Kier alpha value is -2.60. The van der Waals surface area contributed by atoms with Crippen molar-refractivity contribution >= 4 is 28.6 Å². The van der Waals surface area contributed by atoms with Gasteiger partial charge in [0.2, 0.25) is 0 Å². The van der Waals surface area contributed by atoms with Gasteiger partial charge in [0.05, 0.1) is 11.9 Å². The molecule has 33 heavy (non-hydrogen) atoms. The number of nitrogens with zero attached hydrogens (tertiary/aromatic N) is 2. The van der Waals surface area contributed by atoms with Gasteiger partial charge in [-0.15, -0.1) is 0 Å². The Balaban J connectivity index is 1.62. The van der Waals surface area contributed by atoms with Gasteiger partial charge in [-0.3, -0.25) is 0 Å². The number of rotatable bonds is 3. The number of aromatic amines is 1. The first-order valence-corrected chi connectivity index (χ1v) is 11.9. The molecule has 0 spiro atoms. The van der Waals surface area contributed by atoms with Crippen LogP contribution in [0.2, 0.25) is 5.15 Å². The maximum atomic E-state index is 14.6. The van der Waals surface area contributed by atoms with Gasteiger partial charge in [0.25, 0.3) is 0 Å². The predicted octanol–water partition coefficient (Wildman–Crippen LogP) is 7.26. The lowest BCUT2D eigenvalue weighted by Crippen LogP contribution is -2.41. The van der Waals surface area contributed by atoms with Gasteiger partial charge >= 0.3 is 6.09 Å². The third-order valence-electron chi connectivity index (χ3n) is 6.15. The number of likely N-dealkylation sites (tertiary alicyclic amines) is 1. The summed E-state index contributed by atoms with van der Waals surface area (Å²) in [6.07, 6.45) is 2.69. The number of nitrogens with one attached hydrogen (secondary N) is 1. The average molecular weight is 472 g/mol. The first-order chi connectivity index (χ1) is 15.5. The van der Waals surface area contributed by atoms with Crippen LogP contribution in [0.15, 0.2) is 30.5 Å². The molecule has 0 unspecified atom stereocenters. The van der Waals surface area contributed by atoms with Gasteiger partial charge in [-0.2, -0.15) is 0 Å². The fourth-order valence-corrected chi connectivity index (χ4v) is 4.78. The Kier molecular flexibility index (Phi) is 6.41. The first kappa shape index (κ1) is 23.6. The molecular formula is C26H31ClFN3O2. The van der Waals surface area contributed by atoms with E-state index in [0.29, 0.717) is 24.6 Å². The van der Waals surface area contributed by atoms with E-state index in [1.807, 2.05) is 20.8 Å². The van der Waals surface area contributed by atoms with E-state index in [2.05, 4.69) is 42.0 Å². The minimum atomic E-state index is -0.489. The van der Waals surface area contributed by atoms with Gasteiger partial charge in [0, 0.05) is 29.6 Å². The number of amides is 1. The molecule has 1 aliphatic heterocycles. The van der Waals surface area contributed by atoms with Crippen LogP contribution in [0.3, 0.4) is 0 Å². The summed E-state index contributed by atoms with van der Waals surface area (Å²) in [5.41, 5.74) is 3.97. The molecule has 4 rings (SSSR count). The Labute approximate surface area is 199 Å². The number of benzene rings is 1. The second-order valence-corrected chi connectivity index (χ2v) is 10.5. The van der Waals surface area contributed by atoms with Crippen LogP contribution in [-0.2, 0) is 4.74 Å². The van der Waals surface area contributed by atoms with Crippen molar-refractivity contribution in [3.8, 4) is 11.3 Å². The number of carbonyl (C=O) groups is 1. The highest BCUT2D eigenvalue weighted by molar-refractivity contribution is 6.29. The third kappa shape index (κ3) is 5.01. The molecule has 3 aromatic rings. The molecule has 2 aromatic heterocycles. The number of aromatic nitrogens is 2. The number of H-pyrrole nitrogens is 1. The second kappa shape index (κ2) is 8.98. The van der Waals surface area contributed by atoms with Gasteiger partial charge in [0.1, 0.15) is 10.8 Å². The van der Waals surface area contributed by atoms with Crippen molar-refractivity contribution in [2.75, 3.05) is 13.1 Å². The minimum Gasteiger partial charge on any atom is -0.444 e. The van der Waals surface area contributed by atoms with E-state index in [1.54, 1.807) is 11.0 Å². The number of pyridine rings is 1. The van der Waals surface area contributed by atoms with Gasteiger partial charge < -0.3 is 14.6 Å². The molecule has 176 valence electrons. The highest BCUT2D eigenvalue weighted by Crippen LogP contribution is 2.39. The average Bonchev–Trinajstić information content (AvgIpc) is 3.13. The van der Waals surface area contributed by atoms with Crippen molar-refractivity contribution in [3.63, 3.8) is 0 Å². The Morgan fingerprint density at radius 3 is 2.58 bits per heavy atom. The summed E-state index contributed by atoms with van der Waals surface area (Å²) in [6, 6.07) is 8.00. The maximum Gasteiger partial charge on any atom is 0.410 e. The Morgan fingerprint density at radius 2 is 1.94 bits per heavy atom. The fourth-order valence-electron chi connectivity index (χ4n) is 4.62. The van der Waals surface area contributed by atoms with Crippen LogP contribution in [0.1, 0.15) is 70.4 Å². The first-order valence-electron chi connectivity index (χ1n) is 11.5. The number of hydrogen-bond acceptors (Lipinski definition) is 3. The van der Waals surface area contributed by atoms with E-state index in [4.69, 9.17) is 16.3 Å². The smallest absolute Gasteiger partial charge is 0.410 e. The number of fused-ring (bicyclic) bond motifs is 1. The van der Waals surface area contributed by atoms with Gasteiger partial charge in [-0.05, 0) is 74.8 Å². The van der Waals surface area contributed by atoms with Crippen molar-refractivity contribution < 1.29 is 13.9 Å². The van der Waals surface area contributed by atoms with Crippen LogP contribution in [0.25, 0.3) is 22.2 Å². The summed E-state index contributed by atoms with van der Waals surface area (Å²) in [5, 5.41) is 1.36. The van der Waals surface area contributed by atoms with Crippen molar-refractivity contribution in [2.24, 2.45) is 0 Å². The van der Waals surface area contributed by atoms with E-state index in [0.717, 1.165) is 41.2 Å². The molecule has 1 saturated heterocycles. The number of piperidine rings is 1. The molecule has 3 heterocycles. The topological polar surface area (TPSA) is 58.2 Å². The van der Waals surface area contributed by atoms with Gasteiger partial charge in [-0.1, -0.05) is 31.5 Å². The highest BCUT2D eigenvalue weighted by Gasteiger charge is 2.28. The minimum absolute atomic E-state index is 0.185. The molecule has 0 saturated carbocycles. The summed E-state index contributed by atoms with van der Waals surface area (Å²) in [6.45, 7) is 11.2. The van der Waals surface area contributed by atoms with Crippen LogP contribution in [0.4, 0.5) is 9.18 Å². The predicted molar refractivity (Wildman–Crippen MR) is 130 cm³/mol. The van der Waals surface area contributed by atoms with Crippen molar-refractivity contribution in [3.05, 3.63) is 52.6 Å². The monoisotopic (exact) mass is 471 g/mol. The standard InChI is InChI=1S/C26H31ClFN3O2/c1-15(2)23-19-12-17(16-8-10-31(11-9-16)25(32)33-26(3,4)5)6-7-21(19)30-24(23)18-13-22(27)29-14-20(18)28/h6-7,12-16,30H,8-11H2,1-5H3. The molecule has 1 aliphatic rings. The SMILES string of the molecule is CC(C)c1c(-c2cc(Cl)ncc2F)[nH]c2ccc(C3CCN(C(=O)OC(C)(C)C)CC3)cc12. The third-order valence-corrected chi connectivity index (χ3v) is 6.36. The summed E-state index contributed by atoms with van der Waals surface area (Å²) in [4.78, 5) is 21.4. The van der Waals surface area contributed by atoms with Crippen molar-refractivity contribution in [1.29, 1.82) is 0 Å². The molecule has 7 heteroatoms. The van der Waals surface area contributed by atoms with E-state index in [1.165, 1.54) is 5.56 Å². The molecular weight excluding hydrogens is 441 g/mol. The molecule has 0 atom stereocenters. The second-order valence-electron chi connectivity index (χ2n) is 10.1. The van der Waals surface area contributed by atoms with Crippen LogP contribution in [-0.4, -0.2) is 39.7 Å². The summed E-state index contributed by atoms with van der Waals surface area (Å²) < 4.78 is 20.1. The van der Waals surface area contributed by atoms with Gasteiger partial charge in [-0.25, -0.2) is 14.2 Å². The number of carbonyl (C=O) groups excluding carboxylic acids is 1. The van der Waals surface area contributed by atoms with E-state index < -0.39 is 11.4 Å². The molecule has 0 aliphatic carbocycles. The van der Waals surface area contributed by atoms with E-state index in [9.17, 15) is 9.18 Å². The van der Waals surface area contributed by atoms with Crippen LogP contribution < -0.4 is 0 Å². The zero-order chi connectivity index (χ0) is 23.9. The molecule has 1 aromatic carbocycles. The lowest BCUT2D eigenvalue weighted by atomic mass is 9.87. The van der Waals surface area contributed by atoms with E-state index in [-0.39, 0.29) is 17.2 Å². The quantitative estimate of drug-likeness (QED) is 0.409. The normalized spacial score (nSPS) is 15.5. The Bertz CT molecular complexity index is 1170. The largest absolute Gasteiger partial charge is 0.444 e. The fraction of sp³-hybridized carbons (Fsp3) is 0.462. The molecule has 1 N–H and O–H groups in total. The summed E-state index contributed by atoms with van der Waals surface area (Å²) in [7, 11) is 0. The number of ether oxygens (including phenoxy) is 1. The van der Waals surface area contributed by atoms with Crippen LogP contribution >= 0.6 is 11.6 Å².